The number of amides is 1. The number of fused-ring (bicyclic) bond motifs is 1. The van der Waals surface area contributed by atoms with Crippen molar-refractivity contribution in [2.45, 2.75) is 18.8 Å². The maximum Gasteiger partial charge on any atom is 0.407 e. The highest BCUT2D eigenvalue weighted by Gasteiger charge is 2.22. The van der Waals surface area contributed by atoms with Gasteiger partial charge in [0.25, 0.3) is 0 Å². The second-order valence-electron chi connectivity index (χ2n) is 4.56. The number of cyclic esters (lactones) is 1. The van der Waals surface area contributed by atoms with Gasteiger partial charge in [-0.05, 0) is 50.1 Å². The van der Waals surface area contributed by atoms with Gasteiger partial charge in [-0.25, -0.2) is 4.79 Å². The van der Waals surface area contributed by atoms with Crippen LogP contribution < -0.4 is 5.32 Å². The third-order valence-electron chi connectivity index (χ3n) is 2.68. The maximum atomic E-state index is 11.5. The molecule has 1 atom stereocenters. The van der Waals surface area contributed by atoms with Crippen molar-refractivity contribution < 1.29 is 24.6 Å². The Morgan fingerprint density at radius 1 is 1.57 bits per heavy atom. The Morgan fingerprint density at radius 2 is 2.43 bits per heavy atom. The summed E-state index contributed by atoms with van der Waals surface area (Å²) in [5, 5.41) is 1.68. The number of aromatic amines is 1. The van der Waals surface area contributed by atoms with Crippen molar-refractivity contribution in [2.75, 3.05) is 27.2 Å². The van der Waals surface area contributed by atoms with Gasteiger partial charge in [0.15, 0.2) is 0 Å². The number of rotatable bonds is 5. The molecule has 2 N–H and O–H groups in total. The number of aromatic nitrogens is 1. The van der Waals surface area contributed by atoms with Crippen LogP contribution in [0.1, 0.15) is 26.2 Å². The summed E-state index contributed by atoms with van der Waals surface area (Å²) >= 11 is 0. The molecule has 1 aromatic carbocycles. The number of nitrogens with zero attached hydrogens (tertiary/aromatic N) is 1. The summed E-state index contributed by atoms with van der Waals surface area (Å²) in [5.74, 6) is 0. The van der Waals surface area contributed by atoms with E-state index in [9.17, 15) is 4.79 Å². The van der Waals surface area contributed by atoms with E-state index >= 15 is 0 Å². The number of likely N-dealkylation sites (N-methyl/N-ethyl adjacent to an activating group) is 1. The summed E-state index contributed by atoms with van der Waals surface area (Å²) in [4.78, 5) is 15.1. The first kappa shape index (κ1) is 6.01. The Kier molecular flexibility index (Phi) is 1.65. The minimum atomic E-state index is -2.91. The first-order chi connectivity index (χ1) is 14.4. The van der Waals surface area contributed by atoms with Crippen LogP contribution in [0.25, 0.3) is 10.9 Å². The van der Waals surface area contributed by atoms with E-state index in [2.05, 4.69) is 9.72 Å². The predicted octanol–water partition coefficient (Wildman–Crippen LogP) is 1.92. The van der Waals surface area contributed by atoms with Gasteiger partial charge >= 0.3 is 6.09 Å². The third kappa shape index (κ3) is 3.19. The van der Waals surface area contributed by atoms with Crippen molar-refractivity contribution in [1.82, 2.24) is 15.2 Å². The number of alkyl carbamates (subject to hydrolysis) is 1. The number of hydrogen-bond acceptors (Lipinski definition) is 3. The smallest absolute Gasteiger partial charge is 0.407 e. The van der Waals surface area contributed by atoms with Crippen molar-refractivity contribution in [3.63, 3.8) is 0 Å². The zero-order valence-corrected chi connectivity index (χ0v) is 11.4. The van der Waals surface area contributed by atoms with Crippen molar-refractivity contribution in [3.05, 3.63) is 35.5 Å². The molecule has 1 saturated heterocycles. The first-order valence-electron chi connectivity index (χ1n) is 11.7. The normalized spacial score (nSPS) is 30.3. The summed E-state index contributed by atoms with van der Waals surface area (Å²) in [6, 6.07) is -4.03. The van der Waals surface area contributed by atoms with Crippen molar-refractivity contribution in [1.29, 1.82) is 0 Å². The van der Waals surface area contributed by atoms with E-state index in [1.807, 2.05) is 5.32 Å². The predicted molar refractivity (Wildman–Crippen MR) is 82.5 cm³/mol. The lowest BCUT2D eigenvalue weighted by Gasteiger charge is -2.09. The average molecular weight is 298 g/mol. The van der Waals surface area contributed by atoms with E-state index in [1.54, 1.807) is 0 Å². The monoisotopic (exact) mass is 298 g/mol. The minimum Gasteiger partial charge on any atom is -0.447 e. The molecule has 2 aromatic rings. The van der Waals surface area contributed by atoms with Crippen LogP contribution in [0.5, 0.6) is 0 Å². The number of nitrogens with one attached hydrogen (secondary N) is 2. The van der Waals surface area contributed by atoms with Crippen LogP contribution in [0.3, 0.4) is 0 Å². The molecule has 0 radical (unpaired) electrons. The molecule has 1 aliphatic heterocycles. The van der Waals surface area contributed by atoms with Crippen LogP contribution in [0.2, 0.25) is 0 Å². The molecule has 5 nitrogen and oxygen atoms in total. The molecule has 1 fully saturated rings. The van der Waals surface area contributed by atoms with Gasteiger partial charge in [-0.2, -0.15) is 0 Å². The fraction of sp³-hybridized carbons (Fsp3) is 0.438. The van der Waals surface area contributed by atoms with Crippen LogP contribution in [-0.2, 0) is 17.5 Å². The number of benzene rings is 1. The number of carbonyl (C=O) groups is 1. The Labute approximate surface area is 139 Å². The van der Waals surface area contributed by atoms with Crippen LogP contribution in [0, 0.1) is 0 Å². The Balaban J connectivity index is 2.34. The lowest BCUT2D eigenvalue weighted by Crippen LogP contribution is -2.28. The van der Waals surface area contributed by atoms with Crippen molar-refractivity contribution in [2.24, 2.45) is 0 Å². The SMILES string of the molecule is [2H]c1c(C([2H])([2H])[C@@H]2NC(=O)OC2([2H])[2H])c([2H])c2c(C([2H])([2H])C([2H])([2H])N(C)C)c[nH]c2c1[2H]. The molecule has 21 heavy (non-hydrogen) atoms. The van der Waals surface area contributed by atoms with Gasteiger partial charge in [0.05, 0.1) is 12.9 Å². The van der Waals surface area contributed by atoms with Gasteiger partial charge in [-0.3, -0.25) is 0 Å². The first-order valence-corrected chi connectivity index (χ1v) is 6.17. The highest BCUT2D eigenvalue weighted by Crippen LogP contribution is 2.21. The van der Waals surface area contributed by atoms with Gasteiger partial charge < -0.3 is 19.9 Å². The van der Waals surface area contributed by atoms with E-state index in [4.69, 9.17) is 15.1 Å². The van der Waals surface area contributed by atoms with Crippen LogP contribution in [-0.4, -0.2) is 49.2 Å². The number of carbonyl (C=O) groups excluding carboxylic acids is 1. The average Bonchev–Trinajstić information content (AvgIpc) is 3.20. The minimum absolute atomic E-state index is 0.164. The highest BCUT2D eigenvalue weighted by molar-refractivity contribution is 5.84. The Bertz CT molecular complexity index is 1100. The molecule has 5 heteroatoms. The van der Waals surface area contributed by atoms with Crippen molar-refractivity contribution >= 4 is 17.0 Å². The van der Waals surface area contributed by atoms with E-state index in [0.29, 0.717) is 0 Å². The zero-order valence-electron chi connectivity index (χ0n) is 22.4. The summed E-state index contributed by atoms with van der Waals surface area (Å²) in [5.41, 5.74) is -1.28. The maximum absolute atomic E-state index is 11.5. The Hall–Kier alpha value is -2.01. The largest absolute Gasteiger partial charge is 0.447 e. The van der Waals surface area contributed by atoms with Crippen LogP contribution >= 0.6 is 0 Å². The molecule has 0 bridgehead atoms. The molecule has 1 aliphatic rings. The fourth-order valence-electron chi connectivity index (χ4n) is 1.77. The van der Waals surface area contributed by atoms with Gasteiger partial charge in [0, 0.05) is 31.8 Å². The molecule has 1 aromatic heterocycles. The van der Waals surface area contributed by atoms with E-state index in [0.717, 1.165) is 11.1 Å². The zero-order chi connectivity index (χ0) is 24.6. The number of aryl methyl sites for hydroxylation is 1. The summed E-state index contributed by atoms with van der Waals surface area (Å²) in [7, 11) is 2.64. The van der Waals surface area contributed by atoms with Gasteiger partial charge in [-0.15, -0.1) is 0 Å². The van der Waals surface area contributed by atoms with E-state index < -0.39 is 61.6 Å². The van der Waals surface area contributed by atoms with Crippen molar-refractivity contribution in [3.8, 4) is 0 Å². The molecule has 0 saturated carbocycles. The molecule has 112 valence electrons. The molecular weight excluding hydrogens is 266 g/mol. The fourth-order valence-corrected chi connectivity index (χ4v) is 1.77. The van der Waals surface area contributed by atoms with E-state index in [-0.39, 0.29) is 16.5 Å². The summed E-state index contributed by atoms with van der Waals surface area (Å²) in [6.07, 6.45) is -5.80. The quantitative estimate of drug-likeness (QED) is 0.887. The lowest BCUT2D eigenvalue weighted by molar-refractivity contribution is 0.177. The number of hydrogen-bond donors (Lipinski definition) is 2. The topological polar surface area (TPSA) is 57.4 Å². The standard InChI is InChI=1S/C16H21N3O2/c1-19(2)6-5-12-9-17-15-4-3-11(8-14(12)15)7-13-10-21-16(20)18-13/h3-4,8-9,13,17H,5-7,10H2,1-2H3,(H,18,20)/t13-/m0/s1/i3D,4D,5D2,6D2,7D2,8D,10D2. The second kappa shape index (κ2) is 5.77. The van der Waals surface area contributed by atoms with E-state index in [1.165, 1.54) is 14.1 Å². The van der Waals surface area contributed by atoms with Gasteiger partial charge in [0.2, 0.25) is 0 Å². The number of H-pyrrole nitrogens is 1. The summed E-state index contributed by atoms with van der Waals surface area (Å²) < 4.78 is 95.2. The molecular formula is C16H21N3O2. The lowest BCUT2D eigenvalue weighted by atomic mass is 10.0. The molecule has 0 aliphatic carbocycles. The Morgan fingerprint density at radius 3 is 3.14 bits per heavy atom. The van der Waals surface area contributed by atoms with Gasteiger partial charge in [0.1, 0.15) is 6.56 Å². The summed E-state index contributed by atoms with van der Waals surface area (Å²) in [6.45, 7) is -5.39. The molecule has 1 amide bonds. The second-order valence-corrected chi connectivity index (χ2v) is 4.56. The van der Waals surface area contributed by atoms with Crippen LogP contribution in [0.4, 0.5) is 4.79 Å². The molecule has 2 heterocycles. The van der Waals surface area contributed by atoms with Gasteiger partial charge in [-0.1, -0.05) is 6.04 Å². The molecule has 0 spiro atoms. The third-order valence-corrected chi connectivity index (χ3v) is 2.68. The molecule has 3 rings (SSSR count). The van der Waals surface area contributed by atoms with Crippen LogP contribution in [0.15, 0.2) is 24.3 Å². The molecule has 0 unspecified atom stereocenters. The number of ether oxygens (including phenoxy) is 1. The highest BCUT2D eigenvalue weighted by atomic mass is 16.6.